The number of nitrogens with one attached hydrogen (secondary N) is 1. The predicted octanol–water partition coefficient (Wildman–Crippen LogP) is 4.67. The van der Waals surface area contributed by atoms with Gasteiger partial charge in [0.25, 0.3) is 0 Å². The zero-order valence-corrected chi connectivity index (χ0v) is 20.5. The van der Waals surface area contributed by atoms with E-state index >= 15 is 0 Å². The number of amides is 2. The number of likely N-dealkylation sites (tertiary alicyclic amines) is 1. The van der Waals surface area contributed by atoms with Crippen LogP contribution in [0, 0.1) is 17.3 Å². The minimum atomic E-state index is -1.06. The molecule has 32 heavy (non-hydrogen) atoms. The van der Waals surface area contributed by atoms with E-state index in [1.54, 1.807) is 17.0 Å². The molecule has 1 saturated heterocycles. The zero-order valence-electron chi connectivity index (χ0n) is 19.8. The molecule has 1 aliphatic carbocycles. The first-order valence-electron chi connectivity index (χ1n) is 11.7. The number of nitrogens with zero attached hydrogens (tertiary/aromatic N) is 1. The fraction of sp³-hybridized carbons (Fsp3) is 0.615. The Labute approximate surface area is 197 Å². The number of aliphatic hydroxyl groups is 1. The van der Waals surface area contributed by atoms with Gasteiger partial charge in [0.2, 0.25) is 11.8 Å². The number of carbonyl (C=O) groups is 2. The van der Waals surface area contributed by atoms with Gasteiger partial charge in [0.1, 0.15) is 6.04 Å². The molecule has 1 aromatic carbocycles. The first-order valence-corrected chi connectivity index (χ1v) is 12.0. The average molecular weight is 461 g/mol. The molecule has 5 nitrogen and oxygen atoms in total. The molecule has 2 amide bonds. The Morgan fingerprint density at radius 1 is 1.28 bits per heavy atom. The second-order valence-corrected chi connectivity index (χ2v) is 11.0. The van der Waals surface area contributed by atoms with Gasteiger partial charge in [-0.2, -0.15) is 0 Å². The van der Waals surface area contributed by atoms with Crippen molar-refractivity contribution < 1.29 is 14.7 Å². The van der Waals surface area contributed by atoms with E-state index < -0.39 is 17.1 Å². The number of hydrogen-bond donors (Lipinski definition) is 2. The van der Waals surface area contributed by atoms with Crippen LogP contribution in [0.2, 0.25) is 5.02 Å². The SMILES string of the molecule is C=C1CCC(CC(=O)N[C@@H](C(=O)N2CC[C@](O)(c3ccc(Cl)cc3)C(C)(C)C2)C(C)C)C1. The smallest absolute Gasteiger partial charge is 0.245 e. The summed E-state index contributed by atoms with van der Waals surface area (Å²) >= 11 is 6.02. The molecule has 0 bridgehead atoms. The third-order valence-corrected chi connectivity index (χ3v) is 7.54. The van der Waals surface area contributed by atoms with Gasteiger partial charge in [-0.25, -0.2) is 0 Å². The number of hydrogen-bond acceptors (Lipinski definition) is 3. The van der Waals surface area contributed by atoms with Gasteiger partial charge in [0.05, 0.1) is 5.60 Å². The average Bonchev–Trinajstić information content (AvgIpc) is 3.12. The van der Waals surface area contributed by atoms with Crippen LogP contribution in [-0.2, 0) is 15.2 Å². The molecule has 0 aromatic heterocycles. The second-order valence-electron chi connectivity index (χ2n) is 10.6. The highest BCUT2D eigenvalue weighted by Crippen LogP contribution is 2.46. The van der Waals surface area contributed by atoms with Crippen LogP contribution in [-0.4, -0.2) is 41.0 Å². The van der Waals surface area contributed by atoms with Crippen LogP contribution in [0.1, 0.15) is 65.4 Å². The monoisotopic (exact) mass is 460 g/mol. The van der Waals surface area contributed by atoms with E-state index in [9.17, 15) is 14.7 Å². The van der Waals surface area contributed by atoms with E-state index in [1.807, 2.05) is 39.8 Å². The number of carbonyl (C=O) groups excluding carboxylic acids is 2. The number of halogens is 1. The normalized spacial score (nSPS) is 26.3. The van der Waals surface area contributed by atoms with Crippen molar-refractivity contribution in [3.05, 3.63) is 47.0 Å². The molecule has 3 atom stereocenters. The fourth-order valence-electron chi connectivity index (χ4n) is 5.17. The zero-order chi connectivity index (χ0) is 23.7. The van der Waals surface area contributed by atoms with Crippen molar-refractivity contribution in [2.24, 2.45) is 17.3 Å². The number of benzene rings is 1. The van der Waals surface area contributed by atoms with Crippen LogP contribution in [0.4, 0.5) is 0 Å². The Morgan fingerprint density at radius 2 is 1.94 bits per heavy atom. The molecule has 1 saturated carbocycles. The summed E-state index contributed by atoms with van der Waals surface area (Å²) in [5, 5.41) is 15.2. The van der Waals surface area contributed by atoms with E-state index in [1.165, 1.54) is 5.57 Å². The van der Waals surface area contributed by atoms with Crippen LogP contribution >= 0.6 is 11.6 Å². The van der Waals surface area contributed by atoms with E-state index in [0.717, 1.165) is 24.8 Å². The van der Waals surface area contributed by atoms with Crippen LogP contribution < -0.4 is 5.32 Å². The standard InChI is InChI=1S/C26H37ClN2O3/c1-17(2)23(28-22(30)15-19-7-6-18(3)14-19)24(31)29-13-12-26(32,25(4,5)16-29)20-8-10-21(27)11-9-20/h8-11,17,19,23,32H,3,6-7,12-16H2,1-2,4-5H3,(H,28,30)/t19?,23-,26+/m1/s1. The highest BCUT2D eigenvalue weighted by Gasteiger charge is 2.50. The van der Waals surface area contributed by atoms with Crippen molar-refractivity contribution in [1.29, 1.82) is 0 Å². The first kappa shape index (κ1) is 24.8. The molecule has 6 heteroatoms. The quantitative estimate of drug-likeness (QED) is 0.606. The largest absolute Gasteiger partial charge is 0.384 e. The summed E-state index contributed by atoms with van der Waals surface area (Å²) < 4.78 is 0. The lowest BCUT2D eigenvalue weighted by atomic mass is 9.66. The lowest BCUT2D eigenvalue weighted by molar-refractivity contribution is -0.156. The maximum atomic E-state index is 13.4. The third kappa shape index (κ3) is 5.20. The molecular formula is C26H37ClN2O3. The van der Waals surface area contributed by atoms with Gasteiger partial charge in [-0.1, -0.05) is 63.6 Å². The van der Waals surface area contributed by atoms with Crippen LogP contribution in [0.25, 0.3) is 0 Å². The Hall–Kier alpha value is -1.85. The minimum absolute atomic E-state index is 0.0230. The highest BCUT2D eigenvalue weighted by atomic mass is 35.5. The van der Waals surface area contributed by atoms with Crippen molar-refractivity contribution in [1.82, 2.24) is 10.2 Å². The molecule has 176 valence electrons. The van der Waals surface area contributed by atoms with Gasteiger partial charge >= 0.3 is 0 Å². The fourth-order valence-corrected chi connectivity index (χ4v) is 5.30. The predicted molar refractivity (Wildman–Crippen MR) is 128 cm³/mol. The second kappa shape index (κ2) is 9.56. The molecule has 0 radical (unpaired) electrons. The van der Waals surface area contributed by atoms with Crippen LogP contribution in [0.3, 0.4) is 0 Å². The van der Waals surface area contributed by atoms with Crippen molar-refractivity contribution >= 4 is 23.4 Å². The summed E-state index contributed by atoms with van der Waals surface area (Å²) in [6.07, 6.45) is 3.75. The third-order valence-electron chi connectivity index (χ3n) is 7.29. The summed E-state index contributed by atoms with van der Waals surface area (Å²) in [4.78, 5) is 27.9. The minimum Gasteiger partial charge on any atom is -0.384 e. The van der Waals surface area contributed by atoms with Gasteiger partial charge in [-0.15, -0.1) is 0 Å². The molecule has 2 N–H and O–H groups in total. The van der Waals surface area contributed by atoms with Gasteiger partial charge in [-0.3, -0.25) is 9.59 Å². The van der Waals surface area contributed by atoms with Gasteiger partial charge < -0.3 is 15.3 Å². The Bertz CT molecular complexity index is 864. The molecule has 1 heterocycles. The number of allylic oxidation sites excluding steroid dienone is 1. The molecular weight excluding hydrogens is 424 g/mol. The molecule has 2 fully saturated rings. The van der Waals surface area contributed by atoms with Crippen LogP contribution in [0.5, 0.6) is 0 Å². The molecule has 3 rings (SSSR count). The molecule has 2 aliphatic rings. The lowest BCUT2D eigenvalue weighted by Gasteiger charge is -2.51. The highest BCUT2D eigenvalue weighted by molar-refractivity contribution is 6.30. The van der Waals surface area contributed by atoms with Gasteiger partial charge in [0.15, 0.2) is 0 Å². The van der Waals surface area contributed by atoms with E-state index in [0.29, 0.717) is 36.9 Å². The first-order chi connectivity index (χ1) is 14.9. The summed E-state index contributed by atoms with van der Waals surface area (Å²) in [5.41, 5.74) is 0.397. The summed E-state index contributed by atoms with van der Waals surface area (Å²) in [7, 11) is 0. The Balaban J connectivity index is 1.68. The molecule has 0 spiro atoms. The van der Waals surface area contributed by atoms with Gasteiger partial charge in [-0.05, 0) is 55.2 Å². The maximum absolute atomic E-state index is 13.4. The number of rotatable bonds is 6. The summed E-state index contributed by atoms with van der Waals surface area (Å²) in [6, 6.07) is 6.72. The molecule has 1 aliphatic heterocycles. The van der Waals surface area contributed by atoms with Crippen molar-refractivity contribution in [2.45, 2.75) is 71.4 Å². The summed E-state index contributed by atoms with van der Waals surface area (Å²) in [5.74, 6) is 0.167. The van der Waals surface area contributed by atoms with Crippen LogP contribution in [0.15, 0.2) is 36.4 Å². The van der Waals surface area contributed by atoms with E-state index in [2.05, 4.69) is 11.9 Å². The Morgan fingerprint density at radius 3 is 2.47 bits per heavy atom. The Kier molecular flexibility index (Phi) is 7.41. The maximum Gasteiger partial charge on any atom is 0.245 e. The molecule has 1 unspecified atom stereocenters. The van der Waals surface area contributed by atoms with Crippen molar-refractivity contribution in [3.8, 4) is 0 Å². The van der Waals surface area contributed by atoms with E-state index in [4.69, 9.17) is 11.6 Å². The number of piperidine rings is 1. The van der Waals surface area contributed by atoms with Gasteiger partial charge in [0, 0.05) is 29.9 Å². The van der Waals surface area contributed by atoms with Crippen molar-refractivity contribution in [2.75, 3.05) is 13.1 Å². The topological polar surface area (TPSA) is 69.6 Å². The van der Waals surface area contributed by atoms with E-state index in [-0.39, 0.29) is 17.7 Å². The summed E-state index contributed by atoms with van der Waals surface area (Å²) in [6.45, 7) is 12.7. The lowest BCUT2D eigenvalue weighted by Crippen LogP contribution is -2.60. The van der Waals surface area contributed by atoms with Crippen molar-refractivity contribution in [3.63, 3.8) is 0 Å². The molecule has 1 aromatic rings.